The fraction of sp³-hybridized carbons (Fsp3) is 0.200. The van der Waals surface area contributed by atoms with E-state index in [1.807, 2.05) is 6.08 Å². The highest BCUT2D eigenvalue weighted by molar-refractivity contribution is 5.44. The molecule has 0 bridgehead atoms. The lowest BCUT2D eigenvalue weighted by Gasteiger charge is -1.98. The van der Waals surface area contributed by atoms with Crippen LogP contribution in [0, 0.1) is 11.8 Å². The van der Waals surface area contributed by atoms with Crippen molar-refractivity contribution in [1.29, 1.82) is 0 Å². The average molecular weight is 260 g/mol. The molecule has 2 rings (SSSR count). The van der Waals surface area contributed by atoms with E-state index in [9.17, 15) is 0 Å². The molecule has 2 aromatic rings. The molecule has 0 radical (unpaired) electrons. The first kappa shape index (κ1) is 14.2. The summed E-state index contributed by atoms with van der Waals surface area (Å²) in [5, 5.41) is 0. The number of allylic oxidation sites excluding steroid dienone is 1. The van der Waals surface area contributed by atoms with Crippen LogP contribution in [0.5, 0.6) is 0 Å². The van der Waals surface area contributed by atoms with Crippen molar-refractivity contribution in [3.8, 4) is 11.8 Å². The van der Waals surface area contributed by atoms with Crippen LogP contribution in [0.3, 0.4) is 0 Å². The van der Waals surface area contributed by atoms with Crippen molar-refractivity contribution in [2.24, 2.45) is 0 Å². The van der Waals surface area contributed by atoms with Gasteiger partial charge in [-0.3, -0.25) is 0 Å². The van der Waals surface area contributed by atoms with Gasteiger partial charge in [-0.15, -0.1) is 6.58 Å². The summed E-state index contributed by atoms with van der Waals surface area (Å²) in [5.74, 6) is 6.42. The zero-order valence-corrected chi connectivity index (χ0v) is 12.0. The molecule has 0 amide bonds. The van der Waals surface area contributed by atoms with Gasteiger partial charge < -0.3 is 0 Å². The minimum Gasteiger partial charge on any atom is -0.103 e. The second-order valence-corrected chi connectivity index (χ2v) is 4.89. The van der Waals surface area contributed by atoms with Gasteiger partial charge in [-0.2, -0.15) is 0 Å². The Balaban J connectivity index is 2.07. The molecule has 0 unspecified atom stereocenters. The monoisotopic (exact) mass is 260 g/mol. The summed E-state index contributed by atoms with van der Waals surface area (Å²) in [5.41, 5.74) is 4.77. The summed E-state index contributed by atoms with van der Waals surface area (Å²) < 4.78 is 0. The van der Waals surface area contributed by atoms with Crippen LogP contribution in [0.15, 0.2) is 61.2 Å². The van der Waals surface area contributed by atoms with Gasteiger partial charge in [-0.05, 0) is 48.2 Å². The third-order valence-corrected chi connectivity index (χ3v) is 3.18. The van der Waals surface area contributed by atoms with Gasteiger partial charge in [0.1, 0.15) is 0 Å². The lowest BCUT2D eigenvalue weighted by atomic mass is 10.1. The van der Waals surface area contributed by atoms with E-state index in [1.165, 1.54) is 17.5 Å². The van der Waals surface area contributed by atoms with E-state index in [1.54, 1.807) is 0 Å². The molecule has 0 aliphatic carbocycles. The lowest BCUT2D eigenvalue weighted by molar-refractivity contribution is 0.922. The zero-order chi connectivity index (χ0) is 14.2. The fourth-order valence-electron chi connectivity index (χ4n) is 2.08. The normalized spacial score (nSPS) is 9.65. The smallest absolute Gasteiger partial charge is 0.0249 e. The van der Waals surface area contributed by atoms with Gasteiger partial charge in [0.05, 0.1) is 0 Å². The molecule has 0 heterocycles. The van der Waals surface area contributed by atoms with Gasteiger partial charge in [0.15, 0.2) is 0 Å². The van der Waals surface area contributed by atoms with E-state index < -0.39 is 0 Å². The number of hydrogen-bond donors (Lipinski definition) is 0. The van der Waals surface area contributed by atoms with Crippen LogP contribution in [0.25, 0.3) is 0 Å². The van der Waals surface area contributed by atoms with E-state index in [4.69, 9.17) is 0 Å². The van der Waals surface area contributed by atoms with Crippen molar-refractivity contribution in [2.75, 3.05) is 0 Å². The van der Waals surface area contributed by atoms with Crippen LogP contribution in [0.2, 0.25) is 0 Å². The van der Waals surface area contributed by atoms with Crippen LogP contribution < -0.4 is 0 Å². The van der Waals surface area contributed by atoms with E-state index in [2.05, 4.69) is 73.9 Å². The molecule has 100 valence electrons. The van der Waals surface area contributed by atoms with Crippen molar-refractivity contribution in [2.45, 2.75) is 26.2 Å². The van der Waals surface area contributed by atoms with Crippen molar-refractivity contribution < 1.29 is 0 Å². The molecular weight excluding hydrogens is 240 g/mol. The standard InChI is InChI=1S/C20H20/c1-3-5-17-7-11-19(12-8-17)15-16-20-13-9-18(6-4-2)10-14-20/h3,7-14H,1,4-6H2,2H3. The molecule has 0 N–H and O–H groups in total. The van der Waals surface area contributed by atoms with Crippen molar-refractivity contribution >= 4 is 0 Å². The van der Waals surface area contributed by atoms with Crippen LogP contribution >= 0.6 is 0 Å². The molecule has 0 aliphatic rings. The topological polar surface area (TPSA) is 0 Å². The molecule has 0 aliphatic heterocycles. The van der Waals surface area contributed by atoms with Crippen molar-refractivity contribution in [3.63, 3.8) is 0 Å². The fourth-order valence-corrected chi connectivity index (χ4v) is 2.08. The summed E-state index contributed by atoms with van der Waals surface area (Å²) in [4.78, 5) is 0. The summed E-state index contributed by atoms with van der Waals surface area (Å²) in [6.45, 7) is 5.94. The van der Waals surface area contributed by atoms with Gasteiger partial charge in [0.2, 0.25) is 0 Å². The Bertz CT molecular complexity index is 604. The molecule has 0 heteroatoms. The van der Waals surface area contributed by atoms with Gasteiger partial charge in [-0.1, -0.05) is 55.5 Å². The molecule has 0 nitrogen and oxygen atoms in total. The maximum Gasteiger partial charge on any atom is 0.0249 e. The van der Waals surface area contributed by atoms with Gasteiger partial charge in [0.25, 0.3) is 0 Å². The summed E-state index contributed by atoms with van der Waals surface area (Å²) in [7, 11) is 0. The molecule has 0 atom stereocenters. The predicted octanol–water partition coefficient (Wildman–Crippen LogP) is 4.77. The maximum absolute atomic E-state index is 3.75. The molecule has 0 saturated carbocycles. The molecular formula is C20H20. The Morgan fingerprint density at radius 3 is 1.80 bits per heavy atom. The number of hydrogen-bond acceptors (Lipinski definition) is 0. The second kappa shape index (κ2) is 7.36. The van der Waals surface area contributed by atoms with Crippen LogP contribution in [-0.4, -0.2) is 0 Å². The molecule has 0 aromatic heterocycles. The highest BCUT2D eigenvalue weighted by atomic mass is 14.0. The van der Waals surface area contributed by atoms with Gasteiger partial charge in [0, 0.05) is 11.1 Å². The molecule has 2 aromatic carbocycles. The molecule has 0 saturated heterocycles. The number of benzene rings is 2. The van der Waals surface area contributed by atoms with Crippen LogP contribution in [0.1, 0.15) is 35.6 Å². The van der Waals surface area contributed by atoms with E-state index in [0.717, 1.165) is 24.0 Å². The number of rotatable bonds is 4. The van der Waals surface area contributed by atoms with E-state index in [0.29, 0.717) is 0 Å². The Hall–Kier alpha value is -2.26. The van der Waals surface area contributed by atoms with Crippen LogP contribution in [0.4, 0.5) is 0 Å². The van der Waals surface area contributed by atoms with Gasteiger partial charge in [-0.25, -0.2) is 0 Å². The highest BCUT2D eigenvalue weighted by Gasteiger charge is 1.92. The Labute approximate surface area is 122 Å². The molecule has 0 spiro atoms. The second-order valence-electron chi connectivity index (χ2n) is 4.89. The summed E-state index contributed by atoms with van der Waals surface area (Å²) in [6, 6.07) is 16.9. The Morgan fingerprint density at radius 2 is 1.35 bits per heavy atom. The maximum atomic E-state index is 3.75. The Kier molecular flexibility index (Phi) is 5.21. The SMILES string of the molecule is C=CCc1ccc(C#Cc2ccc(CCC)cc2)cc1. The van der Waals surface area contributed by atoms with Crippen molar-refractivity contribution in [1.82, 2.24) is 0 Å². The van der Waals surface area contributed by atoms with Gasteiger partial charge >= 0.3 is 0 Å². The molecule has 0 fully saturated rings. The largest absolute Gasteiger partial charge is 0.103 e. The third-order valence-electron chi connectivity index (χ3n) is 3.18. The number of aryl methyl sites for hydroxylation is 1. The highest BCUT2D eigenvalue weighted by Crippen LogP contribution is 2.07. The quantitative estimate of drug-likeness (QED) is 0.549. The minimum atomic E-state index is 0.909. The zero-order valence-electron chi connectivity index (χ0n) is 12.0. The summed E-state index contributed by atoms with van der Waals surface area (Å²) in [6.07, 6.45) is 5.14. The van der Waals surface area contributed by atoms with Crippen molar-refractivity contribution in [3.05, 3.63) is 83.4 Å². The Morgan fingerprint density at radius 1 is 0.850 bits per heavy atom. The average Bonchev–Trinajstić information content (AvgIpc) is 2.49. The lowest BCUT2D eigenvalue weighted by Crippen LogP contribution is -1.83. The summed E-state index contributed by atoms with van der Waals surface area (Å²) >= 11 is 0. The first-order valence-corrected chi connectivity index (χ1v) is 7.12. The minimum absolute atomic E-state index is 0.909. The predicted molar refractivity (Wildman–Crippen MR) is 86.8 cm³/mol. The van der Waals surface area contributed by atoms with Crippen LogP contribution in [-0.2, 0) is 12.8 Å². The first-order chi connectivity index (χ1) is 9.81. The molecule has 20 heavy (non-hydrogen) atoms. The first-order valence-electron chi connectivity index (χ1n) is 7.12. The van der Waals surface area contributed by atoms with E-state index in [-0.39, 0.29) is 0 Å². The third kappa shape index (κ3) is 4.14. The van der Waals surface area contributed by atoms with E-state index >= 15 is 0 Å².